The lowest BCUT2D eigenvalue weighted by molar-refractivity contribution is 0.103. The molecule has 2 aromatic carbocycles. The van der Waals surface area contributed by atoms with Gasteiger partial charge >= 0.3 is 0 Å². The van der Waals surface area contributed by atoms with Gasteiger partial charge < -0.3 is 14.5 Å². The number of ether oxygens (including phenoxy) is 2. The van der Waals surface area contributed by atoms with E-state index in [1.165, 1.54) is 0 Å². The Morgan fingerprint density at radius 3 is 2.56 bits per heavy atom. The van der Waals surface area contributed by atoms with Crippen molar-refractivity contribution in [1.29, 1.82) is 0 Å². The number of imidazole rings is 1. The summed E-state index contributed by atoms with van der Waals surface area (Å²) in [4.78, 5) is 33.0. The predicted octanol–water partition coefficient (Wildman–Crippen LogP) is 4.45. The number of aromatic amines is 1. The van der Waals surface area contributed by atoms with Crippen molar-refractivity contribution in [3.8, 4) is 28.6 Å². The summed E-state index contributed by atoms with van der Waals surface area (Å²) < 4.78 is 11.3. The Kier molecular flexibility index (Phi) is 5.01. The topological polar surface area (TPSA) is 103 Å². The first-order valence-corrected chi connectivity index (χ1v) is 9.79. The summed E-state index contributed by atoms with van der Waals surface area (Å²) >= 11 is 0. The number of nitrogens with one attached hydrogen (secondary N) is 1. The van der Waals surface area contributed by atoms with E-state index < -0.39 is 0 Å². The van der Waals surface area contributed by atoms with Crippen LogP contribution in [-0.2, 0) is 0 Å². The highest BCUT2D eigenvalue weighted by atomic mass is 16.5. The fourth-order valence-corrected chi connectivity index (χ4v) is 3.31. The Bertz CT molecular complexity index is 1380. The lowest BCUT2D eigenvalue weighted by atomic mass is 10.1. The predicted molar refractivity (Wildman–Crippen MR) is 118 cm³/mol. The molecule has 5 aromatic rings. The lowest BCUT2D eigenvalue weighted by Crippen LogP contribution is -2.03. The van der Waals surface area contributed by atoms with E-state index in [0.717, 1.165) is 11.0 Å². The number of aromatic nitrogens is 5. The fourth-order valence-electron chi connectivity index (χ4n) is 3.31. The molecule has 8 heteroatoms. The Hall–Kier alpha value is -4.59. The number of H-pyrrole nitrogens is 1. The van der Waals surface area contributed by atoms with Crippen molar-refractivity contribution < 1.29 is 14.3 Å². The molecule has 3 heterocycles. The molecule has 0 aliphatic carbocycles. The van der Waals surface area contributed by atoms with Crippen molar-refractivity contribution in [1.82, 2.24) is 24.9 Å². The monoisotopic (exact) mass is 423 g/mol. The normalized spacial score (nSPS) is 10.8. The Morgan fingerprint density at radius 2 is 1.75 bits per heavy atom. The van der Waals surface area contributed by atoms with Crippen LogP contribution in [0.4, 0.5) is 0 Å². The first-order valence-electron chi connectivity index (χ1n) is 9.79. The lowest BCUT2D eigenvalue weighted by Gasteiger charge is -2.11. The van der Waals surface area contributed by atoms with Gasteiger partial charge in [0, 0.05) is 24.2 Å². The highest BCUT2D eigenvalue weighted by Crippen LogP contribution is 2.34. The van der Waals surface area contributed by atoms with Crippen LogP contribution in [0.5, 0.6) is 17.4 Å². The molecular weight excluding hydrogens is 406 g/mol. The van der Waals surface area contributed by atoms with Gasteiger partial charge in [0.15, 0.2) is 5.82 Å². The molecule has 3 aromatic heterocycles. The fraction of sp³-hybridized carbons (Fsp3) is 0.0417. The summed E-state index contributed by atoms with van der Waals surface area (Å²) in [6, 6.07) is 16.1. The third kappa shape index (κ3) is 3.65. The number of ketones is 1. The third-order valence-corrected chi connectivity index (χ3v) is 4.86. The summed E-state index contributed by atoms with van der Waals surface area (Å²) in [5.74, 6) is 1.48. The number of hydrogen-bond acceptors (Lipinski definition) is 7. The van der Waals surface area contributed by atoms with Gasteiger partial charge in [-0.3, -0.25) is 9.78 Å². The molecule has 0 atom stereocenters. The van der Waals surface area contributed by atoms with E-state index >= 15 is 0 Å². The van der Waals surface area contributed by atoms with Crippen LogP contribution in [0.15, 0.2) is 79.4 Å². The average Bonchev–Trinajstić information content (AvgIpc) is 3.29. The van der Waals surface area contributed by atoms with E-state index in [1.54, 1.807) is 62.2 Å². The number of rotatable bonds is 6. The maximum atomic E-state index is 12.8. The molecule has 0 saturated heterocycles. The largest absolute Gasteiger partial charge is 0.494 e. The van der Waals surface area contributed by atoms with Crippen LogP contribution in [0.1, 0.15) is 16.2 Å². The van der Waals surface area contributed by atoms with Gasteiger partial charge in [-0.2, -0.15) is 0 Å². The molecule has 156 valence electrons. The van der Waals surface area contributed by atoms with Crippen LogP contribution >= 0.6 is 0 Å². The quantitative estimate of drug-likeness (QED) is 0.403. The van der Waals surface area contributed by atoms with E-state index in [0.29, 0.717) is 40.0 Å². The van der Waals surface area contributed by atoms with Crippen LogP contribution in [0, 0.1) is 0 Å². The second-order valence-corrected chi connectivity index (χ2v) is 6.84. The molecule has 0 fully saturated rings. The molecule has 0 spiro atoms. The first kappa shape index (κ1) is 19.4. The first-order chi connectivity index (χ1) is 15.7. The van der Waals surface area contributed by atoms with Crippen molar-refractivity contribution in [3.05, 3.63) is 90.8 Å². The standard InChI is InChI=1S/C24H17N5O3/c1-31-20-14-25-11-10-17(20)21-24(27-13-12-26-21)32-16-8-6-15(7-9-16)22(30)23-28-18-4-2-3-5-19(18)29-23/h2-14H,1H3,(H,28,29). The average molecular weight is 423 g/mol. The molecule has 0 saturated carbocycles. The summed E-state index contributed by atoms with van der Waals surface area (Å²) in [7, 11) is 1.56. The van der Waals surface area contributed by atoms with Crippen molar-refractivity contribution in [2.75, 3.05) is 7.11 Å². The van der Waals surface area contributed by atoms with Gasteiger partial charge in [-0.25, -0.2) is 15.0 Å². The number of benzene rings is 2. The molecule has 0 aliphatic rings. The summed E-state index contributed by atoms with van der Waals surface area (Å²) in [5, 5.41) is 0. The number of methoxy groups -OCH3 is 1. The van der Waals surface area contributed by atoms with Crippen molar-refractivity contribution in [2.45, 2.75) is 0 Å². The maximum absolute atomic E-state index is 12.8. The van der Waals surface area contributed by atoms with Crippen LogP contribution in [0.3, 0.4) is 0 Å². The second-order valence-electron chi connectivity index (χ2n) is 6.84. The van der Waals surface area contributed by atoms with Gasteiger partial charge in [-0.15, -0.1) is 0 Å². The van der Waals surface area contributed by atoms with E-state index in [9.17, 15) is 4.79 Å². The molecule has 8 nitrogen and oxygen atoms in total. The summed E-state index contributed by atoms with van der Waals surface area (Å²) in [5.41, 5.74) is 3.29. The highest BCUT2D eigenvalue weighted by molar-refractivity contribution is 6.08. The van der Waals surface area contributed by atoms with E-state index in [4.69, 9.17) is 9.47 Å². The van der Waals surface area contributed by atoms with Crippen LogP contribution in [-0.4, -0.2) is 37.8 Å². The van der Waals surface area contributed by atoms with Crippen molar-refractivity contribution in [2.24, 2.45) is 0 Å². The number of nitrogens with zero attached hydrogens (tertiary/aromatic N) is 4. The maximum Gasteiger partial charge on any atom is 0.246 e. The minimum atomic E-state index is -0.200. The SMILES string of the molecule is COc1cnccc1-c1nccnc1Oc1ccc(C(=O)c2nc3ccccc3[nH]2)cc1. The van der Waals surface area contributed by atoms with Gasteiger partial charge in [0.25, 0.3) is 0 Å². The number of hydrogen-bond donors (Lipinski definition) is 1. The van der Waals surface area contributed by atoms with Crippen LogP contribution in [0.2, 0.25) is 0 Å². The number of fused-ring (bicyclic) bond motifs is 1. The minimum absolute atomic E-state index is 0.200. The number of carbonyl (C=O) groups is 1. The highest BCUT2D eigenvalue weighted by Gasteiger charge is 2.16. The zero-order valence-corrected chi connectivity index (χ0v) is 17.0. The van der Waals surface area contributed by atoms with E-state index in [2.05, 4.69) is 24.9 Å². The van der Waals surface area contributed by atoms with E-state index in [1.807, 2.05) is 24.3 Å². The third-order valence-electron chi connectivity index (χ3n) is 4.86. The smallest absolute Gasteiger partial charge is 0.246 e. The van der Waals surface area contributed by atoms with Crippen molar-refractivity contribution >= 4 is 16.8 Å². The molecule has 5 rings (SSSR count). The van der Waals surface area contributed by atoms with Gasteiger partial charge in [0.1, 0.15) is 17.2 Å². The summed E-state index contributed by atoms with van der Waals surface area (Å²) in [6.07, 6.45) is 6.38. The number of carbonyl (C=O) groups excluding carboxylic acids is 1. The van der Waals surface area contributed by atoms with Gasteiger partial charge in [-0.1, -0.05) is 12.1 Å². The van der Waals surface area contributed by atoms with Crippen LogP contribution in [0.25, 0.3) is 22.3 Å². The van der Waals surface area contributed by atoms with Gasteiger partial charge in [0.05, 0.1) is 29.9 Å². The zero-order chi connectivity index (χ0) is 21.9. The van der Waals surface area contributed by atoms with E-state index in [-0.39, 0.29) is 5.78 Å². The molecule has 0 unspecified atom stereocenters. The minimum Gasteiger partial charge on any atom is -0.494 e. The van der Waals surface area contributed by atoms with Crippen LogP contribution < -0.4 is 9.47 Å². The zero-order valence-electron chi connectivity index (χ0n) is 17.0. The molecule has 0 aliphatic heterocycles. The Labute approximate surface area is 182 Å². The molecule has 32 heavy (non-hydrogen) atoms. The van der Waals surface area contributed by atoms with Crippen molar-refractivity contribution in [3.63, 3.8) is 0 Å². The number of para-hydroxylation sites is 2. The molecule has 1 N–H and O–H groups in total. The summed E-state index contributed by atoms with van der Waals surface area (Å²) in [6.45, 7) is 0. The number of pyridine rings is 1. The van der Waals surface area contributed by atoms with Gasteiger partial charge in [-0.05, 0) is 42.5 Å². The van der Waals surface area contributed by atoms with Gasteiger partial charge in [0.2, 0.25) is 11.7 Å². The molecule has 0 amide bonds. The Morgan fingerprint density at radius 1 is 0.938 bits per heavy atom. The molecule has 0 radical (unpaired) electrons. The second kappa shape index (κ2) is 8.27. The Balaban J connectivity index is 1.40. The molecule has 0 bridgehead atoms. The molecular formula is C24H17N5O3.